The van der Waals surface area contributed by atoms with E-state index in [1.165, 1.54) is 6.07 Å². The molecular weight excluding hydrogens is 301 g/mol. The predicted molar refractivity (Wildman–Crippen MR) is 72.2 cm³/mol. The maximum Gasteiger partial charge on any atom is 0.413 e. The van der Waals surface area contributed by atoms with Gasteiger partial charge in [-0.05, 0) is 0 Å². The molecule has 122 valence electrons. The van der Waals surface area contributed by atoms with Gasteiger partial charge in [-0.15, -0.1) is 0 Å². The van der Waals surface area contributed by atoms with Gasteiger partial charge in [0.2, 0.25) is 0 Å². The van der Waals surface area contributed by atoms with Gasteiger partial charge in [0.25, 0.3) is 0 Å². The SMILES string of the molecule is CN1C(=O)N(c2cc(C(C)(C)C)ncn2)C(O)C1C(F)(F)F. The Balaban J connectivity index is 2.43. The minimum Gasteiger partial charge on any atom is -0.370 e. The number of urea groups is 1. The second kappa shape index (κ2) is 5.08. The van der Waals surface area contributed by atoms with E-state index in [1.807, 2.05) is 20.8 Å². The van der Waals surface area contributed by atoms with E-state index in [1.54, 1.807) is 0 Å². The van der Waals surface area contributed by atoms with Gasteiger partial charge in [0.15, 0.2) is 12.3 Å². The minimum atomic E-state index is -4.74. The molecule has 1 N–H and O–H groups in total. The molecule has 1 aromatic heterocycles. The molecule has 9 heteroatoms. The molecule has 1 aromatic rings. The van der Waals surface area contributed by atoms with E-state index in [0.29, 0.717) is 15.5 Å². The lowest BCUT2D eigenvalue weighted by Crippen LogP contribution is -2.47. The highest BCUT2D eigenvalue weighted by atomic mass is 19.4. The van der Waals surface area contributed by atoms with Crippen LogP contribution in [0.15, 0.2) is 12.4 Å². The molecule has 0 saturated carbocycles. The lowest BCUT2D eigenvalue weighted by Gasteiger charge is -2.24. The Hall–Kier alpha value is -1.90. The number of rotatable bonds is 1. The third-order valence-corrected chi connectivity index (χ3v) is 3.48. The smallest absolute Gasteiger partial charge is 0.370 e. The second-order valence-electron chi connectivity index (χ2n) is 6.17. The largest absolute Gasteiger partial charge is 0.413 e. The fourth-order valence-electron chi connectivity index (χ4n) is 2.25. The highest BCUT2D eigenvalue weighted by Crippen LogP contribution is 2.35. The van der Waals surface area contributed by atoms with Gasteiger partial charge < -0.3 is 10.0 Å². The first kappa shape index (κ1) is 16.5. The van der Waals surface area contributed by atoms with Crippen LogP contribution < -0.4 is 4.90 Å². The zero-order valence-corrected chi connectivity index (χ0v) is 12.6. The summed E-state index contributed by atoms with van der Waals surface area (Å²) in [6, 6.07) is -1.85. The van der Waals surface area contributed by atoms with Gasteiger partial charge in [-0.3, -0.25) is 0 Å². The van der Waals surface area contributed by atoms with Crippen molar-refractivity contribution in [3.05, 3.63) is 18.1 Å². The molecule has 22 heavy (non-hydrogen) atoms. The maximum absolute atomic E-state index is 13.0. The van der Waals surface area contributed by atoms with Crippen LogP contribution in [0.1, 0.15) is 26.5 Å². The van der Waals surface area contributed by atoms with Crippen LogP contribution in [0.4, 0.5) is 23.8 Å². The summed E-state index contributed by atoms with van der Waals surface area (Å²) in [7, 11) is 0.996. The summed E-state index contributed by atoms with van der Waals surface area (Å²) in [5, 5.41) is 9.96. The van der Waals surface area contributed by atoms with Crippen molar-refractivity contribution >= 4 is 11.8 Å². The number of carbonyl (C=O) groups is 1. The van der Waals surface area contributed by atoms with Gasteiger partial charge in [-0.1, -0.05) is 20.8 Å². The molecule has 2 atom stereocenters. The zero-order valence-electron chi connectivity index (χ0n) is 12.6. The first-order chi connectivity index (χ1) is 9.94. The highest BCUT2D eigenvalue weighted by molar-refractivity contribution is 5.94. The molecule has 1 saturated heterocycles. The van der Waals surface area contributed by atoms with Crippen LogP contribution in [0.2, 0.25) is 0 Å². The van der Waals surface area contributed by atoms with Crippen molar-refractivity contribution in [1.82, 2.24) is 14.9 Å². The van der Waals surface area contributed by atoms with E-state index in [-0.39, 0.29) is 11.2 Å². The van der Waals surface area contributed by atoms with Crippen molar-refractivity contribution < 1.29 is 23.1 Å². The predicted octanol–water partition coefficient (Wildman–Crippen LogP) is 1.90. The van der Waals surface area contributed by atoms with Crippen LogP contribution >= 0.6 is 0 Å². The lowest BCUT2D eigenvalue weighted by atomic mass is 9.92. The molecule has 0 spiro atoms. The van der Waals surface area contributed by atoms with Crippen molar-refractivity contribution in [3.63, 3.8) is 0 Å². The summed E-state index contributed by atoms with van der Waals surface area (Å²) in [6.07, 6.45) is -5.63. The average Bonchev–Trinajstić information content (AvgIpc) is 2.58. The topological polar surface area (TPSA) is 69.6 Å². The molecule has 2 rings (SSSR count). The molecular formula is C13H17F3N4O2. The van der Waals surface area contributed by atoms with Gasteiger partial charge >= 0.3 is 12.2 Å². The number of hydrogen-bond donors (Lipinski definition) is 1. The van der Waals surface area contributed by atoms with E-state index in [0.717, 1.165) is 13.4 Å². The Bertz CT molecular complexity index is 585. The van der Waals surface area contributed by atoms with Crippen LogP contribution in [0.25, 0.3) is 0 Å². The van der Waals surface area contributed by atoms with Gasteiger partial charge in [0, 0.05) is 18.5 Å². The minimum absolute atomic E-state index is 0.0592. The monoisotopic (exact) mass is 318 g/mol. The molecule has 0 bridgehead atoms. The van der Waals surface area contributed by atoms with E-state index in [4.69, 9.17) is 0 Å². The number of nitrogens with zero attached hydrogens (tertiary/aromatic N) is 4. The summed E-state index contributed by atoms with van der Waals surface area (Å²) in [5.74, 6) is -0.0592. The van der Waals surface area contributed by atoms with Crippen molar-refractivity contribution in [1.29, 1.82) is 0 Å². The highest BCUT2D eigenvalue weighted by Gasteiger charge is 2.57. The van der Waals surface area contributed by atoms with E-state index in [2.05, 4.69) is 9.97 Å². The zero-order chi connectivity index (χ0) is 16.9. The third kappa shape index (κ3) is 2.72. The van der Waals surface area contributed by atoms with Gasteiger partial charge in [-0.25, -0.2) is 19.7 Å². The van der Waals surface area contributed by atoms with Crippen molar-refractivity contribution in [2.45, 2.75) is 44.6 Å². The summed E-state index contributed by atoms with van der Waals surface area (Å²) in [5.41, 5.74) is 0.177. The Kier molecular flexibility index (Phi) is 3.80. The molecule has 1 fully saturated rings. The normalized spacial score (nSPS) is 23.4. The third-order valence-electron chi connectivity index (χ3n) is 3.48. The van der Waals surface area contributed by atoms with Crippen LogP contribution in [0.3, 0.4) is 0 Å². The molecule has 0 radical (unpaired) electrons. The Morgan fingerprint density at radius 2 is 1.82 bits per heavy atom. The average molecular weight is 318 g/mol. The van der Waals surface area contributed by atoms with Gasteiger partial charge in [0.05, 0.1) is 5.69 Å². The molecule has 2 amide bonds. The van der Waals surface area contributed by atoms with Gasteiger partial charge in [0.1, 0.15) is 12.1 Å². The first-order valence-corrected chi connectivity index (χ1v) is 6.58. The molecule has 6 nitrogen and oxygen atoms in total. The fourth-order valence-corrected chi connectivity index (χ4v) is 2.25. The van der Waals surface area contributed by atoms with E-state index < -0.39 is 24.5 Å². The standard InChI is InChI=1S/C13H17F3N4O2/c1-12(2,3)7-5-8(18-6-17-7)20-10(21)9(13(14,15)16)19(4)11(20)22/h5-6,9-10,21H,1-4H3. The van der Waals surface area contributed by atoms with E-state index in [9.17, 15) is 23.1 Å². The number of anilines is 1. The number of alkyl halides is 3. The Morgan fingerprint density at radius 1 is 1.23 bits per heavy atom. The number of likely N-dealkylation sites (N-methyl/N-ethyl adjacent to an activating group) is 1. The molecule has 1 aliphatic heterocycles. The maximum atomic E-state index is 13.0. The molecule has 2 unspecified atom stereocenters. The number of amides is 2. The van der Waals surface area contributed by atoms with Crippen LogP contribution in [-0.2, 0) is 5.41 Å². The number of aliphatic hydroxyl groups is 1. The lowest BCUT2D eigenvalue weighted by molar-refractivity contribution is -0.187. The van der Waals surface area contributed by atoms with Crippen LogP contribution in [-0.4, -0.2) is 51.5 Å². The van der Waals surface area contributed by atoms with Crippen molar-refractivity contribution in [2.24, 2.45) is 0 Å². The number of aliphatic hydroxyl groups excluding tert-OH is 1. The molecule has 2 heterocycles. The van der Waals surface area contributed by atoms with Crippen molar-refractivity contribution in [3.8, 4) is 0 Å². The summed E-state index contributed by atoms with van der Waals surface area (Å²) >= 11 is 0. The number of carbonyl (C=O) groups excluding carboxylic acids is 1. The second-order valence-corrected chi connectivity index (χ2v) is 6.17. The quantitative estimate of drug-likeness (QED) is 0.858. The fraction of sp³-hybridized carbons (Fsp3) is 0.615. The van der Waals surface area contributed by atoms with Gasteiger partial charge in [-0.2, -0.15) is 13.2 Å². The number of hydrogen-bond acceptors (Lipinski definition) is 4. The molecule has 1 aliphatic rings. The number of halogens is 3. The summed E-state index contributed by atoms with van der Waals surface area (Å²) < 4.78 is 38.9. The van der Waals surface area contributed by atoms with Crippen molar-refractivity contribution in [2.75, 3.05) is 11.9 Å². The summed E-state index contributed by atoms with van der Waals surface area (Å²) in [6.45, 7) is 5.60. The molecule has 0 aliphatic carbocycles. The molecule has 0 aromatic carbocycles. The Morgan fingerprint density at radius 3 is 2.27 bits per heavy atom. The van der Waals surface area contributed by atoms with E-state index >= 15 is 0 Å². The number of aromatic nitrogens is 2. The summed E-state index contributed by atoms with van der Waals surface area (Å²) in [4.78, 5) is 21.0. The Labute approximate surface area is 125 Å². The van der Waals surface area contributed by atoms with Crippen LogP contribution in [0.5, 0.6) is 0 Å². The van der Waals surface area contributed by atoms with Crippen LogP contribution in [0, 0.1) is 0 Å². The first-order valence-electron chi connectivity index (χ1n) is 6.58.